The summed E-state index contributed by atoms with van der Waals surface area (Å²) in [4.78, 5) is 22.5. The number of rotatable bonds is 5. The number of likely N-dealkylation sites (tertiary alicyclic amines) is 1. The summed E-state index contributed by atoms with van der Waals surface area (Å²) in [6, 6.07) is 10.7. The first kappa shape index (κ1) is 17.1. The maximum atomic E-state index is 13.0. The molecule has 0 N–H and O–H groups in total. The zero-order valence-electron chi connectivity index (χ0n) is 14.4. The van der Waals surface area contributed by atoms with E-state index < -0.39 is 0 Å². The number of aryl methyl sites for hydroxylation is 1. The minimum Gasteiger partial charge on any atom is -0.334 e. The second-order valence-electron chi connectivity index (χ2n) is 6.51. The summed E-state index contributed by atoms with van der Waals surface area (Å²) in [5, 5.41) is 0.949. The van der Waals surface area contributed by atoms with Crippen molar-refractivity contribution < 1.29 is 4.79 Å². The molecule has 0 aliphatic carbocycles. The van der Waals surface area contributed by atoms with Crippen LogP contribution in [0.5, 0.6) is 0 Å². The lowest BCUT2D eigenvalue weighted by atomic mass is 10.0. The van der Waals surface area contributed by atoms with Gasteiger partial charge in [0.05, 0.1) is 11.2 Å². The summed E-state index contributed by atoms with van der Waals surface area (Å²) in [7, 11) is 2.15. The van der Waals surface area contributed by atoms with E-state index in [0.29, 0.717) is 6.04 Å². The molecule has 0 unspecified atom stereocenters. The SMILES string of the molecule is Cc1ncc(C(=O)N(CCc2ccccc2)C2CCN(C)CC2)s1. The number of aromatic nitrogens is 1. The Balaban J connectivity index is 1.74. The smallest absolute Gasteiger partial charge is 0.265 e. The molecule has 1 aromatic heterocycles. The van der Waals surface area contributed by atoms with Crippen LogP contribution in [-0.2, 0) is 6.42 Å². The molecule has 1 amide bonds. The topological polar surface area (TPSA) is 36.4 Å². The van der Waals surface area contributed by atoms with Gasteiger partial charge in [0, 0.05) is 12.6 Å². The maximum Gasteiger partial charge on any atom is 0.265 e. The lowest BCUT2D eigenvalue weighted by Crippen LogP contribution is -2.47. The van der Waals surface area contributed by atoms with E-state index in [9.17, 15) is 4.79 Å². The number of carbonyl (C=O) groups excluding carboxylic acids is 1. The summed E-state index contributed by atoms with van der Waals surface area (Å²) >= 11 is 1.50. The van der Waals surface area contributed by atoms with Crippen LogP contribution >= 0.6 is 11.3 Å². The number of hydrogen-bond acceptors (Lipinski definition) is 4. The van der Waals surface area contributed by atoms with Crippen molar-refractivity contribution in [1.29, 1.82) is 0 Å². The zero-order valence-corrected chi connectivity index (χ0v) is 15.3. The molecule has 1 aliphatic heterocycles. The van der Waals surface area contributed by atoms with Gasteiger partial charge in [-0.2, -0.15) is 0 Å². The summed E-state index contributed by atoms with van der Waals surface area (Å²) in [5.74, 6) is 0.145. The van der Waals surface area contributed by atoms with Gasteiger partial charge in [-0.3, -0.25) is 4.79 Å². The predicted molar refractivity (Wildman–Crippen MR) is 98.6 cm³/mol. The Labute approximate surface area is 148 Å². The van der Waals surface area contributed by atoms with E-state index in [1.807, 2.05) is 13.0 Å². The van der Waals surface area contributed by atoms with Crippen LogP contribution in [0.4, 0.5) is 0 Å². The van der Waals surface area contributed by atoms with Gasteiger partial charge >= 0.3 is 0 Å². The van der Waals surface area contributed by atoms with Crippen LogP contribution in [-0.4, -0.2) is 53.4 Å². The molecule has 2 heterocycles. The molecule has 0 radical (unpaired) electrons. The number of hydrogen-bond donors (Lipinski definition) is 0. The van der Waals surface area contributed by atoms with Gasteiger partial charge in [-0.25, -0.2) is 4.98 Å². The van der Waals surface area contributed by atoms with Crippen LogP contribution in [0.25, 0.3) is 0 Å². The van der Waals surface area contributed by atoms with Crippen molar-refractivity contribution in [3.05, 3.63) is 52.0 Å². The van der Waals surface area contributed by atoms with Crippen LogP contribution in [0.2, 0.25) is 0 Å². The van der Waals surface area contributed by atoms with Crippen LogP contribution in [0.3, 0.4) is 0 Å². The van der Waals surface area contributed by atoms with E-state index in [-0.39, 0.29) is 5.91 Å². The van der Waals surface area contributed by atoms with Crippen LogP contribution in [0.1, 0.15) is 33.1 Å². The summed E-state index contributed by atoms with van der Waals surface area (Å²) in [6.45, 7) is 4.84. The number of carbonyl (C=O) groups is 1. The average Bonchev–Trinajstić information content (AvgIpc) is 3.04. The molecular formula is C19H25N3OS. The van der Waals surface area contributed by atoms with Gasteiger partial charge in [0.1, 0.15) is 4.88 Å². The molecule has 0 spiro atoms. The van der Waals surface area contributed by atoms with E-state index in [4.69, 9.17) is 0 Å². The molecule has 5 heteroatoms. The second-order valence-corrected chi connectivity index (χ2v) is 7.75. The highest BCUT2D eigenvalue weighted by Crippen LogP contribution is 2.21. The molecule has 1 fully saturated rings. The number of thiazole rings is 1. The Kier molecular flexibility index (Phi) is 5.63. The molecular weight excluding hydrogens is 318 g/mol. The van der Waals surface area contributed by atoms with Gasteiger partial charge in [0.15, 0.2) is 0 Å². The molecule has 128 valence electrons. The van der Waals surface area contributed by atoms with Gasteiger partial charge < -0.3 is 9.80 Å². The van der Waals surface area contributed by atoms with Gasteiger partial charge in [-0.1, -0.05) is 30.3 Å². The van der Waals surface area contributed by atoms with Crippen molar-refractivity contribution in [1.82, 2.24) is 14.8 Å². The van der Waals surface area contributed by atoms with Crippen molar-refractivity contribution in [3.63, 3.8) is 0 Å². The van der Waals surface area contributed by atoms with Crippen molar-refractivity contribution in [2.75, 3.05) is 26.7 Å². The van der Waals surface area contributed by atoms with Gasteiger partial charge in [0.25, 0.3) is 5.91 Å². The number of amides is 1. The quantitative estimate of drug-likeness (QED) is 0.836. The highest BCUT2D eigenvalue weighted by Gasteiger charge is 2.28. The first-order chi connectivity index (χ1) is 11.6. The van der Waals surface area contributed by atoms with Crippen LogP contribution < -0.4 is 0 Å². The van der Waals surface area contributed by atoms with Crippen molar-refractivity contribution >= 4 is 17.2 Å². The average molecular weight is 343 g/mol. The largest absolute Gasteiger partial charge is 0.334 e. The van der Waals surface area contributed by atoms with E-state index in [2.05, 4.69) is 46.1 Å². The number of piperidine rings is 1. The maximum absolute atomic E-state index is 13.0. The van der Waals surface area contributed by atoms with E-state index in [0.717, 1.165) is 48.8 Å². The predicted octanol–water partition coefficient (Wildman–Crippen LogP) is 3.23. The fourth-order valence-electron chi connectivity index (χ4n) is 3.25. The minimum absolute atomic E-state index is 0.145. The lowest BCUT2D eigenvalue weighted by molar-refractivity contribution is 0.0599. The molecule has 1 aliphatic rings. The zero-order chi connectivity index (χ0) is 16.9. The first-order valence-corrected chi connectivity index (χ1v) is 9.41. The van der Waals surface area contributed by atoms with Gasteiger partial charge in [-0.15, -0.1) is 11.3 Å². The highest BCUT2D eigenvalue weighted by molar-refractivity contribution is 7.13. The molecule has 1 saturated heterocycles. The molecule has 2 aromatic rings. The first-order valence-electron chi connectivity index (χ1n) is 8.59. The highest BCUT2D eigenvalue weighted by atomic mass is 32.1. The van der Waals surface area contributed by atoms with Crippen LogP contribution in [0.15, 0.2) is 36.5 Å². The van der Waals surface area contributed by atoms with Crippen molar-refractivity contribution in [3.8, 4) is 0 Å². The standard InChI is InChI=1S/C19H25N3OS/c1-15-20-14-18(24-15)19(23)22(17-9-11-21(2)12-10-17)13-8-16-6-4-3-5-7-16/h3-7,14,17H,8-13H2,1-2H3. The Hall–Kier alpha value is -1.72. The molecule has 1 aromatic carbocycles. The van der Waals surface area contributed by atoms with E-state index in [1.165, 1.54) is 16.9 Å². The molecule has 24 heavy (non-hydrogen) atoms. The lowest BCUT2D eigenvalue weighted by Gasteiger charge is -2.37. The number of nitrogens with zero attached hydrogens (tertiary/aromatic N) is 3. The second kappa shape index (κ2) is 7.90. The van der Waals surface area contributed by atoms with Crippen molar-refractivity contribution in [2.45, 2.75) is 32.2 Å². The van der Waals surface area contributed by atoms with Crippen molar-refractivity contribution in [2.24, 2.45) is 0 Å². The summed E-state index contributed by atoms with van der Waals surface area (Å²) in [5.41, 5.74) is 1.28. The third kappa shape index (κ3) is 4.22. The van der Waals surface area contributed by atoms with Gasteiger partial charge in [0.2, 0.25) is 0 Å². The van der Waals surface area contributed by atoms with E-state index >= 15 is 0 Å². The molecule has 3 rings (SSSR count). The molecule has 0 saturated carbocycles. The molecule has 0 atom stereocenters. The Morgan fingerprint density at radius 1 is 1.29 bits per heavy atom. The monoisotopic (exact) mass is 343 g/mol. The van der Waals surface area contributed by atoms with Crippen LogP contribution in [0, 0.1) is 6.92 Å². The fraction of sp³-hybridized carbons (Fsp3) is 0.474. The Bertz CT molecular complexity index is 662. The third-order valence-electron chi connectivity index (χ3n) is 4.71. The number of benzene rings is 1. The fourth-order valence-corrected chi connectivity index (χ4v) is 3.99. The summed E-state index contributed by atoms with van der Waals surface area (Å²) < 4.78 is 0. The third-order valence-corrected chi connectivity index (χ3v) is 5.61. The summed E-state index contributed by atoms with van der Waals surface area (Å²) in [6.07, 6.45) is 4.73. The molecule has 0 bridgehead atoms. The minimum atomic E-state index is 0.145. The molecule has 4 nitrogen and oxygen atoms in total. The Morgan fingerprint density at radius 3 is 2.62 bits per heavy atom. The Morgan fingerprint density at radius 2 is 2.00 bits per heavy atom. The normalized spacial score (nSPS) is 16.2. The van der Waals surface area contributed by atoms with E-state index in [1.54, 1.807) is 6.20 Å². The van der Waals surface area contributed by atoms with Gasteiger partial charge in [-0.05, 0) is 51.9 Å².